The highest BCUT2D eigenvalue weighted by atomic mass is 79.9. The van der Waals surface area contributed by atoms with Gasteiger partial charge in [0.2, 0.25) is 0 Å². The summed E-state index contributed by atoms with van der Waals surface area (Å²) in [4.78, 5) is 25.1. The van der Waals surface area contributed by atoms with Crippen LogP contribution < -0.4 is 11.2 Å². The number of aromatic amines is 1. The number of aromatic nitrogens is 2. The van der Waals surface area contributed by atoms with Gasteiger partial charge in [-0.25, -0.2) is 4.79 Å². The second kappa shape index (κ2) is 5.27. The first-order valence-electron chi connectivity index (χ1n) is 4.58. The lowest BCUT2D eigenvalue weighted by molar-refractivity contribution is 0.0826. The lowest BCUT2D eigenvalue weighted by Crippen LogP contribution is -2.34. The Morgan fingerprint density at radius 3 is 2.67 bits per heavy atom. The second-order valence-corrected chi connectivity index (χ2v) is 3.57. The molecule has 0 spiro atoms. The molecule has 6 heteroatoms. The quantitative estimate of drug-likeness (QED) is 0.825. The SMILES string of the molecule is CCOCn1c(C)c(CBr)c(=O)[nH]c1=O. The third-order valence-electron chi connectivity index (χ3n) is 2.14. The molecule has 1 heterocycles. The van der Waals surface area contributed by atoms with E-state index in [-0.39, 0.29) is 12.3 Å². The van der Waals surface area contributed by atoms with E-state index in [9.17, 15) is 9.59 Å². The van der Waals surface area contributed by atoms with Crippen LogP contribution in [-0.4, -0.2) is 16.2 Å². The zero-order valence-electron chi connectivity index (χ0n) is 8.67. The third kappa shape index (κ3) is 2.57. The fraction of sp³-hybridized carbons (Fsp3) is 0.556. The second-order valence-electron chi connectivity index (χ2n) is 3.01. The molecule has 0 amide bonds. The number of H-pyrrole nitrogens is 1. The number of hydrogen-bond acceptors (Lipinski definition) is 3. The normalized spacial score (nSPS) is 10.6. The van der Waals surface area contributed by atoms with E-state index in [2.05, 4.69) is 20.9 Å². The summed E-state index contributed by atoms with van der Waals surface area (Å²) in [5.41, 5.74) is 0.404. The molecule has 84 valence electrons. The van der Waals surface area contributed by atoms with E-state index >= 15 is 0 Å². The summed E-state index contributed by atoms with van der Waals surface area (Å²) in [6, 6.07) is 0. The van der Waals surface area contributed by atoms with Crippen molar-refractivity contribution < 1.29 is 4.74 Å². The van der Waals surface area contributed by atoms with E-state index in [4.69, 9.17) is 4.74 Å². The summed E-state index contributed by atoms with van der Waals surface area (Å²) >= 11 is 3.21. The Hall–Kier alpha value is -0.880. The van der Waals surface area contributed by atoms with E-state index in [0.29, 0.717) is 23.2 Å². The largest absolute Gasteiger partial charge is 0.361 e. The molecule has 0 aromatic carbocycles. The Bertz CT molecular complexity index is 450. The van der Waals surface area contributed by atoms with Crippen LogP contribution in [-0.2, 0) is 16.8 Å². The molecule has 0 aliphatic heterocycles. The highest BCUT2D eigenvalue weighted by Crippen LogP contribution is 2.04. The monoisotopic (exact) mass is 276 g/mol. The van der Waals surface area contributed by atoms with Gasteiger partial charge >= 0.3 is 5.69 Å². The van der Waals surface area contributed by atoms with Crippen molar-refractivity contribution in [2.24, 2.45) is 0 Å². The summed E-state index contributed by atoms with van der Waals surface area (Å²) < 4.78 is 6.55. The Balaban J connectivity index is 3.26. The van der Waals surface area contributed by atoms with Crippen LogP contribution in [0.2, 0.25) is 0 Å². The summed E-state index contributed by atoms with van der Waals surface area (Å²) in [5.74, 6) is 0. The fourth-order valence-electron chi connectivity index (χ4n) is 1.21. The molecule has 0 unspecified atom stereocenters. The zero-order valence-corrected chi connectivity index (χ0v) is 10.3. The lowest BCUT2D eigenvalue weighted by atomic mass is 10.3. The number of hydrogen-bond donors (Lipinski definition) is 1. The number of halogens is 1. The molecule has 1 rings (SSSR count). The van der Waals surface area contributed by atoms with Crippen LogP contribution in [0.4, 0.5) is 0 Å². The molecule has 0 atom stereocenters. The van der Waals surface area contributed by atoms with Crippen LogP contribution in [0.25, 0.3) is 0 Å². The number of nitrogens with one attached hydrogen (secondary N) is 1. The number of alkyl halides is 1. The molecule has 1 aromatic heterocycles. The molecule has 15 heavy (non-hydrogen) atoms. The molecule has 5 nitrogen and oxygen atoms in total. The van der Waals surface area contributed by atoms with Crippen LogP contribution in [0.5, 0.6) is 0 Å². The van der Waals surface area contributed by atoms with E-state index in [1.54, 1.807) is 6.92 Å². The average molecular weight is 277 g/mol. The van der Waals surface area contributed by atoms with Crippen molar-refractivity contribution in [3.05, 3.63) is 32.1 Å². The molecular weight excluding hydrogens is 264 g/mol. The topological polar surface area (TPSA) is 64.1 Å². The number of rotatable bonds is 4. The molecule has 0 fully saturated rings. The summed E-state index contributed by atoms with van der Waals surface area (Å²) in [6.07, 6.45) is 0. The van der Waals surface area contributed by atoms with Crippen molar-refractivity contribution in [1.29, 1.82) is 0 Å². The Labute approximate surface area is 95.2 Å². The van der Waals surface area contributed by atoms with Gasteiger partial charge in [-0.15, -0.1) is 0 Å². The average Bonchev–Trinajstić information content (AvgIpc) is 2.17. The van der Waals surface area contributed by atoms with E-state index in [0.717, 1.165) is 0 Å². The van der Waals surface area contributed by atoms with E-state index in [1.165, 1.54) is 4.57 Å². The zero-order chi connectivity index (χ0) is 11.4. The van der Waals surface area contributed by atoms with Crippen LogP contribution in [0.3, 0.4) is 0 Å². The Morgan fingerprint density at radius 2 is 2.13 bits per heavy atom. The highest BCUT2D eigenvalue weighted by molar-refractivity contribution is 9.08. The van der Waals surface area contributed by atoms with E-state index in [1.807, 2.05) is 6.92 Å². The van der Waals surface area contributed by atoms with Gasteiger partial charge in [0.1, 0.15) is 6.73 Å². The van der Waals surface area contributed by atoms with Crippen molar-refractivity contribution in [1.82, 2.24) is 9.55 Å². The first-order valence-corrected chi connectivity index (χ1v) is 5.70. The molecular formula is C9H13BrN2O3. The molecule has 0 aliphatic rings. The molecule has 1 aromatic rings. The van der Waals surface area contributed by atoms with Crippen LogP contribution in [0.15, 0.2) is 9.59 Å². The van der Waals surface area contributed by atoms with E-state index < -0.39 is 5.69 Å². The van der Waals surface area contributed by atoms with Gasteiger partial charge < -0.3 is 4.74 Å². The van der Waals surface area contributed by atoms with Crippen LogP contribution >= 0.6 is 15.9 Å². The summed E-state index contributed by atoms with van der Waals surface area (Å²) in [5, 5.41) is 0.417. The van der Waals surface area contributed by atoms with Gasteiger partial charge in [-0.3, -0.25) is 14.3 Å². The molecule has 0 aliphatic carbocycles. The van der Waals surface area contributed by atoms with Gasteiger partial charge in [0, 0.05) is 23.2 Å². The molecule has 1 N–H and O–H groups in total. The van der Waals surface area contributed by atoms with Crippen LogP contribution in [0.1, 0.15) is 18.2 Å². The number of nitrogens with zero attached hydrogens (tertiary/aromatic N) is 1. The van der Waals surface area contributed by atoms with Crippen LogP contribution in [0, 0.1) is 6.92 Å². The van der Waals surface area contributed by atoms with Gasteiger partial charge in [0.25, 0.3) is 5.56 Å². The summed E-state index contributed by atoms with van der Waals surface area (Å²) in [7, 11) is 0. The number of ether oxygens (including phenoxy) is 1. The highest BCUT2D eigenvalue weighted by Gasteiger charge is 2.09. The minimum absolute atomic E-state index is 0.165. The lowest BCUT2D eigenvalue weighted by Gasteiger charge is -2.11. The standard InChI is InChI=1S/C9H13BrN2O3/c1-3-15-5-12-6(2)7(4-10)8(13)11-9(12)14/h3-5H2,1-2H3,(H,11,13,14). The molecule has 0 saturated carbocycles. The first kappa shape index (κ1) is 12.2. The van der Waals surface area contributed by atoms with Crippen molar-refractivity contribution in [2.75, 3.05) is 6.61 Å². The van der Waals surface area contributed by atoms with Gasteiger partial charge in [-0.2, -0.15) is 0 Å². The Kier molecular flexibility index (Phi) is 4.28. The first-order chi connectivity index (χ1) is 7.11. The minimum atomic E-state index is -0.435. The predicted octanol–water partition coefficient (Wildman–Crippen LogP) is 0.734. The van der Waals surface area contributed by atoms with Crippen molar-refractivity contribution in [2.45, 2.75) is 25.9 Å². The van der Waals surface area contributed by atoms with Gasteiger partial charge in [0.15, 0.2) is 0 Å². The predicted molar refractivity (Wildman–Crippen MR) is 60.3 cm³/mol. The Morgan fingerprint density at radius 1 is 1.47 bits per heavy atom. The maximum atomic E-state index is 11.4. The third-order valence-corrected chi connectivity index (χ3v) is 2.70. The van der Waals surface area contributed by atoms with Crippen molar-refractivity contribution in [3.8, 4) is 0 Å². The van der Waals surface area contributed by atoms with Crippen molar-refractivity contribution in [3.63, 3.8) is 0 Å². The fourth-order valence-corrected chi connectivity index (χ4v) is 1.88. The smallest absolute Gasteiger partial charge is 0.330 e. The maximum Gasteiger partial charge on any atom is 0.330 e. The van der Waals surface area contributed by atoms with Gasteiger partial charge in [-0.1, -0.05) is 15.9 Å². The van der Waals surface area contributed by atoms with Crippen molar-refractivity contribution >= 4 is 15.9 Å². The maximum absolute atomic E-state index is 11.4. The molecule has 0 bridgehead atoms. The summed E-state index contributed by atoms with van der Waals surface area (Å²) in [6.45, 7) is 4.26. The van der Waals surface area contributed by atoms with Gasteiger partial charge in [0.05, 0.1) is 0 Å². The molecule has 0 radical (unpaired) electrons. The van der Waals surface area contributed by atoms with Gasteiger partial charge in [-0.05, 0) is 13.8 Å². The molecule has 0 saturated heterocycles. The minimum Gasteiger partial charge on any atom is -0.361 e.